The number of likely N-dealkylation sites (N-methyl/N-ethyl adjacent to an activating group) is 1. The van der Waals surface area contributed by atoms with Crippen molar-refractivity contribution in [1.82, 2.24) is 9.80 Å². The van der Waals surface area contributed by atoms with Gasteiger partial charge in [0.15, 0.2) is 5.75 Å². The van der Waals surface area contributed by atoms with Crippen molar-refractivity contribution in [2.45, 2.75) is 32.5 Å². The predicted molar refractivity (Wildman–Crippen MR) is 156 cm³/mol. The molecule has 0 saturated heterocycles. The molecule has 4 rings (SSSR count). The Kier molecular flexibility index (Phi) is 9.63. The number of aliphatic hydroxyl groups is 1. The van der Waals surface area contributed by atoms with Gasteiger partial charge in [0.2, 0.25) is 0 Å². The highest BCUT2D eigenvalue weighted by Gasteiger charge is 2.34. The molecule has 3 amide bonds. The van der Waals surface area contributed by atoms with Gasteiger partial charge in [0, 0.05) is 31.2 Å². The number of aliphatic hydroxyl groups excluding tert-OH is 1. The van der Waals surface area contributed by atoms with Crippen LogP contribution >= 0.6 is 0 Å². The second-order valence-electron chi connectivity index (χ2n) is 10.3. The molecule has 9 nitrogen and oxygen atoms in total. The number of para-hydroxylation sites is 2. The number of rotatable bonds is 9. The molecule has 0 spiro atoms. The number of hydrogen-bond donors (Lipinski definition) is 3. The van der Waals surface area contributed by atoms with Gasteiger partial charge in [-0.1, -0.05) is 43.3 Å². The van der Waals surface area contributed by atoms with Crippen molar-refractivity contribution in [3.05, 3.63) is 83.9 Å². The smallest absolute Gasteiger partial charge is 0.323 e. The van der Waals surface area contributed by atoms with Gasteiger partial charge >= 0.3 is 6.03 Å². The summed E-state index contributed by atoms with van der Waals surface area (Å²) in [6.45, 7) is 5.40. The number of amides is 3. The lowest BCUT2D eigenvalue weighted by molar-refractivity contribution is 0.0343. The Morgan fingerprint density at radius 3 is 2.50 bits per heavy atom. The van der Waals surface area contributed by atoms with Gasteiger partial charge in [-0.15, -0.1) is 0 Å². The fraction of sp³-hybridized carbons (Fsp3) is 0.355. The van der Waals surface area contributed by atoms with Crippen LogP contribution in [-0.4, -0.2) is 72.8 Å². The van der Waals surface area contributed by atoms with Crippen molar-refractivity contribution >= 4 is 23.3 Å². The molecule has 1 aliphatic rings. The Morgan fingerprint density at radius 2 is 1.82 bits per heavy atom. The second-order valence-corrected chi connectivity index (χ2v) is 10.3. The average molecular weight is 547 g/mol. The van der Waals surface area contributed by atoms with Crippen molar-refractivity contribution in [3.8, 4) is 11.5 Å². The quantitative estimate of drug-likeness (QED) is 0.360. The molecule has 3 aromatic carbocycles. The van der Waals surface area contributed by atoms with Gasteiger partial charge in [-0.05, 0) is 55.9 Å². The number of carbonyl (C=O) groups is 2. The van der Waals surface area contributed by atoms with Crippen LogP contribution in [0.15, 0.2) is 72.8 Å². The minimum absolute atomic E-state index is 0.0596. The number of methoxy groups -OCH3 is 1. The van der Waals surface area contributed by atoms with E-state index in [0.29, 0.717) is 42.3 Å². The summed E-state index contributed by atoms with van der Waals surface area (Å²) >= 11 is 0. The number of urea groups is 1. The first-order valence-electron chi connectivity index (χ1n) is 13.4. The normalized spacial score (nSPS) is 17.8. The number of nitrogens with one attached hydrogen (secondary N) is 2. The van der Waals surface area contributed by atoms with E-state index in [4.69, 9.17) is 9.47 Å². The maximum Gasteiger partial charge on any atom is 0.323 e. The number of fused-ring (bicyclic) bond motifs is 1. The van der Waals surface area contributed by atoms with Gasteiger partial charge in [0.05, 0.1) is 31.0 Å². The first kappa shape index (κ1) is 28.9. The van der Waals surface area contributed by atoms with Gasteiger partial charge < -0.3 is 30.1 Å². The third kappa shape index (κ3) is 7.11. The van der Waals surface area contributed by atoms with Crippen LogP contribution in [0.5, 0.6) is 11.5 Å². The molecule has 0 saturated carbocycles. The molecule has 9 heteroatoms. The molecule has 0 radical (unpaired) electrons. The zero-order chi connectivity index (χ0) is 28.6. The van der Waals surface area contributed by atoms with Crippen molar-refractivity contribution < 1.29 is 24.2 Å². The van der Waals surface area contributed by atoms with E-state index in [0.717, 1.165) is 11.3 Å². The molecule has 212 valence electrons. The van der Waals surface area contributed by atoms with E-state index < -0.39 is 6.03 Å². The first-order valence-corrected chi connectivity index (χ1v) is 13.4. The molecular weight excluding hydrogens is 508 g/mol. The topological polar surface area (TPSA) is 103 Å². The van der Waals surface area contributed by atoms with Crippen LogP contribution in [0, 0.1) is 5.92 Å². The Balaban J connectivity index is 1.61. The van der Waals surface area contributed by atoms with E-state index in [1.54, 1.807) is 42.3 Å². The molecule has 3 N–H and O–H groups in total. The minimum Gasteiger partial charge on any atom is -0.497 e. The summed E-state index contributed by atoms with van der Waals surface area (Å²) in [6, 6.07) is 21.4. The van der Waals surface area contributed by atoms with Crippen LogP contribution in [-0.2, 0) is 6.54 Å². The predicted octanol–water partition coefficient (Wildman–Crippen LogP) is 4.69. The Morgan fingerprint density at radius 1 is 1.10 bits per heavy atom. The molecule has 0 fully saturated rings. The fourth-order valence-corrected chi connectivity index (χ4v) is 4.78. The van der Waals surface area contributed by atoms with Gasteiger partial charge in [0.25, 0.3) is 5.91 Å². The second kappa shape index (κ2) is 13.3. The van der Waals surface area contributed by atoms with Crippen molar-refractivity contribution in [3.63, 3.8) is 0 Å². The van der Waals surface area contributed by atoms with E-state index in [2.05, 4.69) is 15.5 Å². The lowest BCUT2D eigenvalue weighted by Crippen LogP contribution is -2.49. The van der Waals surface area contributed by atoms with Crippen molar-refractivity contribution in [1.29, 1.82) is 0 Å². The summed E-state index contributed by atoms with van der Waals surface area (Å²) in [5.74, 6) is 0.815. The van der Waals surface area contributed by atoms with Crippen LogP contribution in [0.25, 0.3) is 0 Å². The Labute approximate surface area is 235 Å². The van der Waals surface area contributed by atoms with Gasteiger partial charge in [0.1, 0.15) is 11.9 Å². The summed E-state index contributed by atoms with van der Waals surface area (Å²) in [6.07, 6.45) is -0.302. The zero-order valence-corrected chi connectivity index (χ0v) is 23.5. The van der Waals surface area contributed by atoms with Gasteiger partial charge in [-0.3, -0.25) is 9.69 Å². The highest BCUT2D eigenvalue weighted by atomic mass is 16.5. The molecule has 40 heavy (non-hydrogen) atoms. The summed E-state index contributed by atoms with van der Waals surface area (Å²) in [5, 5.41) is 15.6. The number of ether oxygens (including phenoxy) is 2. The highest BCUT2D eigenvalue weighted by molar-refractivity contribution is 6.04. The van der Waals surface area contributed by atoms with E-state index in [1.165, 1.54) is 0 Å². The highest BCUT2D eigenvalue weighted by Crippen LogP contribution is 2.35. The van der Waals surface area contributed by atoms with E-state index in [1.807, 2.05) is 63.4 Å². The van der Waals surface area contributed by atoms with Gasteiger partial charge in [-0.25, -0.2) is 4.79 Å². The van der Waals surface area contributed by atoms with E-state index in [-0.39, 0.29) is 30.6 Å². The number of nitrogens with zero attached hydrogens (tertiary/aromatic N) is 2. The molecule has 0 unspecified atom stereocenters. The van der Waals surface area contributed by atoms with Crippen LogP contribution in [0.1, 0.15) is 29.8 Å². The molecular formula is C31H38N4O5. The summed E-state index contributed by atoms with van der Waals surface area (Å²) in [5.41, 5.74) is 2.51. The largest absolute Gasteiger partial charge is 0.497 e. The monoisotopic (exact) mass is 546 g/mol. The summed E-state index contributed by atoms with van der Waals surface area (Å²) in [7, 11) is 3.67. The molecule has 3 aromatic rings. The first-order chi connectivity index (χ1) is 19.3. The average Bonchev–Trinajstić information content (AvgIpc) is 2.95. The van der Waals surface area contributed by atoms with Crippen LogP contribution in [0.2, 0.25) is 0 Å². The zero-order valence-electron chi connectivity index (χ0n) is 23.5. The van der Waals surface area contributed by atoms with Crippen LogP contribution in [0.3, 0.4) is 0 Å². The number of benzene rings is 3. The fourth-order valence-electron chi connectivity index (χ4n) is 4.78. The third-order valence-corrected chi connectivity index (χ3v) is 7.07. The minimum atomic E-state index is -0.445. The standard InChI is InChI=1S/C31H38N4O5/c1-21-17-35(22(2)20-36)30(37)26-11-8-12-27(33-31(38)32-24-9-6-5-7-10-24)29(26)40-28(21)19-34(3)18-23-13-15-25(39-4)16-14-23/h5-16,21-22,28,36H,17-20H2,1-4H3,(H2,32,33,38)/t21-,22+,28-/m0/s1. The maximum atomic E-state index is 13.7. The van der Waals surface area contributed by atoms with E-state index >= 15 is 0 Å². The number of anilines is 2. The third-order valence-electron chi connectivity index (χ3n) is 7.07. The lowest BCUT2D eigenvalue weighted by atomic mass is 9.99. The Hall–Kier alpha value is -4.08. The molecule has 0 bridgehead atoms. The maximum absolute atomic E-state index is 13.7. The molecule has 0 aromatic heterocycles. The molecule has 1 heterocycles. The van der Waals surface area contributed by atoms with Crippen molar-refractivity contribution in [2.75, 3.05) is 44.5 Å². The van der Waals surface area contributed by atoms with Crippen molar-refractivity contribution in [2.24, 2.45) is 5.92 Å². The molecule has 1 aliphatic heterocycles. The number of carbonyl (C=O) groups excluding carboxylic acids is 2. The Bertz CT molecular complexity index is 1280. The molecule has 0 aliphatic carbocycles. The van der Waals surface area contributed by atoms with Gasteiger partial charge in [-0.2, -0.15) is 0 Å². The number of hydrogen-bond acceptors (Lipinski definition) is 6. The van der Waals surface area contributed by atoms with Crippen LogP contribution in [0.4, 0.5) is 16.2 Å². The molecule has 3 atom stereocenters. The van der Waals surface area contributed by atoms with Crippen LogP contribution < -0.4 is 20.1 Å². The summed E-state index contributed by atoms with van der Waals surface area (Å²) in [4.78, 5) is 30.4. The van der Waals surface area contributed by atoms with E-state index in [9.17, 15) is 14.7 Å². The lowest BCUT2D eigenvalue weighted by Gasteiger charge is -2.38. The summed E-state index contributed by atoms with van der Waals surface area (Å²) < 4.78 is 11.9. The SMILES string of the molecule is COc1ccc(CN(C)C[C@@H]2Oc3c(NC(=O)Nc4ccccc4)cccc3C(=O)N([C@H](C)CO)C[C@@H]2C)cc1.